The quantitative estimate of drug-likeness (QED) is 0.722. The van der Waals surface area contributed by atoms with E-state index in [4.69, 9.17) is 10.3 Å². The molecule has 5 heteroatoms. The van der Waals surface area contributed by atoms with E-state index in [0.29, 0.717) is 18.3 Å². The highest BCUT2D eigenvalue weighted by molar-refractivity contribution is 5.01. The van der Waals surface area contributed by atoms with E-state index in [9.17, 15) is 0 Å². The van der Waals surface area contributed by atoms with E-state index in [-0.39, 0.29) is 5.54 Å². The maximum atomic E-state index is 5.68. The van der Waals surface area contributed by atoms with Gasteiger partial charge in [-0.2, -0.15) is 4.98 Å². The van der Waals surface area contributed by atoms with Gasteiger partial charge < -0.3 is 10.3 Å². The molecular formula is C8H16N4O. The third-order valence-corrected chi connectivity index (χ3v) is 2.37. The Labute approximate surface area is 77.9 Å². The lowest BCUT2D eigenvalue weighted by Crippen LogP contribution is -2.45. The smallest absolute Gasteiger partial charge is 0.248 e. The Balaban J connectivity index is 3.02. The summed E-state index contributed by atoms with van der Waals surface area (Å²) < 4.78 is 5.10. The lowest BCUT2D eigenvalue weighted by Gasteiger charge is -2.31. The standard InChI is InChI=1S/C8H16N4O/c1-6-10-7(13-11-6)8(2,5-9)12(3)4/h5,9H2,1-4H3. The number of hydrogen-bond acceptors (Lipinski definition) is 5. The minimum atomic E-state index is -0.374. The number of rotatable bonds is 3. The predicted octanol–water partition coefficient (Wildman–Crippen LogP) is 0.114. The largest absolute Gasteiger partial charge is 0.337 e. The summed E-state index contributed by atoms with van der Waals surface area (Å²) in [6.07, 6.45) is 0. The first-order valence-corrected chi connectivity index (χ1v) is 4.19. The number of hydrogen-bond donors (Lipinski definition) is 1. The molecule has 0 aliphatic heterocycles. The fourth-order valence-electron chi connectivity index (χ4n) is 0.977. The molecule has 0 fully saturated rings. The van der Waals surface area contributed by atoms with Crippen LogP contribution in [0, 0.1) is 6.92 Å². The molecule has 0 saturated heterocycles. The maximum absolute atomic E-state index is 5.68. The molecule has 0 spiro atoms. The molecule has 1 aromatic heterocycles. The van der Waals surface area contributed by atoms with Crippen LogP contribution in [0.2, 0.25) is 0 Å². The molecule has 0 saturated carbocycles. The van der Waals surface area contributed by atoms with Gasteiger partial charge in [0.2, 0.25) is 5.89 Å². The van der Waals surface area contributed by atoms with Crippen molar-refractivity contribution >= 4 is 0 Å². The predicted molar refractivity (Wildman–Crippen MR) is 49.1 cm³/mol. The van der Waals surface area contributed by atoms with Gasteiger partial charge in [0.15, 0.2) is 5.82 Å². The van der Waals surface area contributed by atoms with Crippen LogP contribution in [-0.4, -0.2) is 35.7 Å². The van der Waals surface area contributed by atoms with Crippen molar-refractivity contribution in [1.29, 1.82) is 0 Å². The number of likely N-dealkylation sites (N-methyl/N-ethyl adjacent to an activating group) is 1. The Morgan fingerprint density at radius 2 is 2.15 bits per heavy atom. The average Bonchev–Trinajstić information content (AvgIpc) is 2.50. The number of aryl methyl sites for hydroxylation is 1. The Bertz CT molecular complexity index is 283. The molecule has 0 radical (unpaired) electrons. The van der Waals surface area contributed by atoms with Crippen molar-refractivity contribution in [3.63, 3.8) is 0 Å². The Morgan fingerprint density at radius 3 is 2.46 bits per heavy atom. The first-order chi connectivity index (χ1) is 6.00. The van der Waals surface area contributed by atoms with E-state index in [1.54, 1.807) is 6.92 Å². The zero-order valence-corrected chi connectivity index (χ0v) is 8.53. The minimum Gasteiger partial charge on any atom is -0.337 e. The van der Waals surface area contributed by atoms with Gasteiger partial charge in [-0.05, 0) is 27.9 Å². The van der Waals surface area contributed by atoms with Crippen LogP contribution in [0.5, 0.6) is 0 Å². The fourth-order valence-corrected chi connectivity index (χ4v) is 0.977. The molecule has 74 valence electrons. The third-order valence-electron chi connectivity index (χ3n) is 2.37. The van der Waals surface area contributed by atoms with Gasteiger partial charge in [-0.3, -0.25) is 4.90 Å². The number of nitrogens with zero attached hydrogens (tertiary/aromatic N) is 3. The summed E-state index contributed by atoms with van der Waals surface area (Å²) in [7, 11) is 3.87. The van der Waals surface area contributed by atoms with Gasteiger partial charge in [-0.15, -0.1) is 0 Å². The van der Waals surface area contributed by atoms with E-state index in [1.165, 1.54) is 0 Å². The molecule has 1 rings (SSSR count). The summed E-state index contributed by atoms with van der Waals surface area (Å²) >= 11 is 0. The second-order valence-electron chi connectivity index (χ2n) is 3.52. The molecule has 0 aliphatic carbocycles. The minimum absolute atomic E-state index is 0.374. The van der Waals surface area contributed by atoms with E-state index >= 15 is 0 Å². The van der Waals surface area contributed by atoms with E-state index in [0.717, 1.165) is 0 Å². The second-order valence-corrected chi connectivity index (χ2v) is 3.52. The molecule has 1 heterocycles. The van der Waals surface area contributed by atoms with Crippen LogP contribution in [0.4, 0.5) is 0 Å². The summed E-state index contributed by atoms with van der Waals surface area (Å²) in [6.45, 7) is 4.21. The van der Waals surface area contributed by atoms with Gasteiger partial charge in [0, 0.05) is 6.54 Å². The molecule has 0 bridgehead atoms. The van der Waals surface area contributed by atoms with Crippen molar-refractivity contribution in [3.8, 4) is 0 Å². The molecule has 2 N–H and O–H groups in total. The molecular weight excluding hydrogens is 168 g/mol. The monoisotopic (exact) mass is 184 g/mol. The number of nitrogens with two attached hydrogens (primary N) is 1. The van der Waals surface area contributed by atoms with Crippen LogP contribution in [0.3, 0.4) is 0 Å². The lowest BCUT2D eigenvalue weighted by atomic mass is 10.0. The summed E-state index contributed by atoms with van der Waals surface area (Å²) in [5.74, 6) is 1.20. The normalized spacial score (nSPS) is 16.2. The molecule has 13 heavy (non-hydrogen) atoms. The fraction of sp³-hybridized carbons (Fsp3) is 0.750. The lowest BCUT2D eigenvalue weighted by molar-refractivity contribution is 0.132. The van der Waals surface area contributed by atoms with Gasteiger partial charge in [0.25, 0.3) is 0 Å². The van der Waals surface area contributed by atoms with Crippen molar-refractivity contribution < 1.29 is 4.52 Å². The van der Waals surface area contributed by atoms with Crippen molar-refractivity contribution in [1.82, 2.24) is 15.0 Å². The van der Waals surface area contributed by atoms with E-state index < -0.39 is 0 Å². The van der Waals surface area contributed by atoms with Crippen molar-refractivity contribution in [3.05, 3.63) is 11.7 Å². The zero-order valence-electron chi connectivity index (χ0n) is 8.53. The Hall–Kier alpha value is -0.940. The third kappa shape index (κ3) is 1.71. The van der Waals surface area contributed by atoms with Crippen LogP contribution >= 0.6 is 0 Å². The van der Waals surface area contributed by atoms with E-state index in [2.05, 4.69) is 10.1 Å². The zero-order chi connectivity index (χ0) is 10.1. The van der Waals surface area contributed by atoms with Crippen molar-refractivity contribution in [2.45, 2.75) is 19.4 Å². The van der Waals surface area contributed by atoms with Gasteiger partial charge in [0.05, 0.1) is 0 Å². The van der Waals surface area contributed by atoms with Gasteiger partial charge in [-0.25, -0.2) is 0 Å². The molecule has 0 aromatic carbocycles. The van der Waals surface area contributed by atoms with Gasteiger partial charge in [-0.1, -0.05) is 5.16 Å². The van der Waals surface area contributed by atoms with E-state index in [1.807, 2.05) is 25.9 Å². The molecule has 1 atom stereocenters. The molecule has 0 aliphatic rings. The molecule has 0 amide bonds. The van der Waals surface area contributed by atoms with Gasteiger partial charge in [0.1, 0.15) is 5.54 Å². The highest BCUT2D eigenvalue weighted by Crippen LogP contribution is 2.22. The highest BCUT2D eigenvalue weighted by atomic mass is 16.5. The SMILES string of the molecule is Cc1noc(C(C)(CN)N(C)C)n1. The average molecular weight is 184 g/mol. The van der Waals surface area contributed by atoms with Crippen LogP contribution in [0.15, 0.2) is 4.52 Å². The first-order valence-electron chi connectivity index (χ1n) is 4.19. The van der Waals surface area contributed by atoms with Crippen molar-refractivity contribution in [2.24, 2.45) is 5.73 Å². The second kappa shape index (κ2) is 3.43. The molecule has 1 aromatic rings. The number of aromatic nitrogens is 2. The Kier molecular flexibility index (Phi) is 2.68. The molecule has 5 nitrogen and oxygen atoms in total. The topological polar surface area (TPSA) is 68.2 Å². The van der Waals surface area contributed by atoms with Crippen LogP contribution in [0.1, 0.15) is 18.6 Å². The summed E-state index contributed by atoms with van der Waals surface area (Å²) in [5, 5.41) is 3.74. The van der Waals surface area contributed by atoms with Gasteiger partial charge >= 0.3 is 0 Å². The summed E-state index contributed by atoms with van der Waals surface area (Å²) in [5.41, 5.74) is 5.31. The first kappa shape index (κ1) is 10.1. The maximum Gasteiger partial charge on any atom is 0.248 e. The van der Waals surface area contributed by atoms with Crippen LogP contribution in [-0.2, 0) is 5.54 Å². The molecule has 1 unspecified atom stereocenters. The Morgan fingerprint density at radius 1 is 1.54 bits per heavy atom. The van der Waals surface area contributed by atoms with Crippen LogP contribution in [0.25, 0.3) is 0 Å². The summed E-state index contributed by atoms with van der Waals surface area (Å²) in [6, 6.07) is 0. The van der Waals surface area contributed by atoms with Crippen molar-refractivity contribution in [2.75, 3.05) is 20.6 Å². The highest BCUT2D eigenvalue weighted by Gasteiger charge is 2.33. The summed E-state index contributed by atoms with van der Waals surface area (Å²) in [4.78, 5) is 6.15. The van der Waals surface area contributed by atoms with Crippen LogP contribution < -0.4 is 5.73 Å².